The maximum Gasteiger partial charge on any atom is 0.416 e. The second-order valence-electron chi connectivity index (χ2n) is 6.82. The number of carbonyl (C=O) groups excluding carboxylic acids is 1. The van der Waals surface area contributed by atoms with Crippen LogP contribution in [0.2, 0.25) is 0 Å². The van der Waals surface area contributed by atoms with Gasteiger partial charge < -0.3 is 14.8 Å². The Balaban J connectivity index is 1.77. The SMILES string of the molecule is COCCOc1ccc(C(F)(F)F)cc1NC(=O)C1CC2CCC1C2. The minimum Gasteiger partial charge on any atom is -0.489 e. The topological polar surface area (TPSA) is 47.6 Å². The van der Waals surface area contributed by atoms with Gasteiger partial charge in [-0.3, -0.25) is 4.79 Å². The van der Waals surface area contributed by atoms with Gasteiger partial charge in [0.15, 0.2) is 0 Å². The monoisotopic (exact) mass is 357 g/mol. The van der Waals surface area contributed by atoms with Crippen molar-refractivity contribution in [2.45, 2.75) is 31.9 Å². The number of hydrogen-bond donors (Lipinski definition) is 1. The summed E-state index contributed by atoms with van der Waals surface area (Å²) in [5, 5.41) is 2.67. The lowest BCUT2D eigenvalue weighted by Gasteiger charge is -2.22. The third-order valence-corrected chi connectivity index (χ3v) is 5.18. The Morgan fingerprint density at radius 1 is 1.24 bits per heavy atom. The first-order valence-electron chi connectivity index (χ1n) is 8.52. The lowest BCUT2D eigenvalue weighted by molar-refractivity contribution is -0.137. The van der Waals surface area contributed by atoms with Crippen LogP contribution in [-0.2, 0) is 15.7 Å². The van der Waals surface area contributed by atoms with Gasteiger partial charge in [0.1, 0.15) is 12.4 Å². The van der Waals surface area contributed by atoms with Crippen LogP contribution >= 0.6 is 0 Å². The first kappa shape index (κ1) is 18.0. The molecule has 2 saturated carbocycles. The van der Waals surface area contributed by atoms with Crippen LogP contribution in [-0.4, -0.2) is 26.2 Å². The molecule has 2 aliphatic rings. The predicted molar refractivity (Wildman–Crippen MR) is 86.4 cm³/mol. The van der Waals surface area contributed by atoms with Crippen LogP contribution in [0.1, 0.15) is 31.2 Å². The molecule has 0 spiro atoms. The Labute approximate surface area is 144 Å². The van der Waals surface area contributed by atoms with Crippen molar-refractivity contribution in [3.8, 4) is 5.75 Å². The molecule has 0 radical (unpaired) electrons. The molecule has 2 fully saturated rings. The second kappa shape index (κ2) is 7.23. The molecule has 0 aliphatic heterocycles. The third-order valence-electron chi connectivity index (χ3n) is 5.18. The molecule has 1 aromatic rings. The van der Waals surface area contributed by atoms with Gasteiger partial charge in [-0.15, -0.1) is 0 Å². The van der Waals surface area contributed by atoms with Crippen molar-refractivity contribution in [3.05, 3.63) is 23.8 Å². The van der Waals surface area contributed by atoms with Crippen molar-refractivity contribution in [2.75, 3.05) is 25.6 Å². The zero-order chi connectivity index (χ0) is 18.0. The molecular formula is C18H22F3NO3. The van der Waals surface area contributed by atoms with Crippen molar-refractivity contribution in [2.24, 2.45) is 17.8 Å². The van der Waals surface area contributed by atoms with E-state index in [4.69, 9.17) is 9.47 Å². The summed E-state index contributed by atoms with van der Waals surface area (Å²) in [5.41, 5.74) is -0.742. The van der Waals surface area contributed by atoms with Crippen LogP contribution in [0.5, 0.6) is 5.75 Å². The van der Waals surface area contributed by atoms with E-state index < -0.39 is 11.7 Å². The largest absolute Gasteiger partial charge is 0.489 e. The first-order chi connectivity index (χ1) is 11.9. The Morgan fingerprint density at radius 2 is 2.04 bits per heavy atom. The Morgan fingerprint density at radius 3 is 2.64 bits per heavy atom. The molecule has 25 heavy (non-hydrogen) atoms. The number of benzene rings is 1. The molecule has 0 heterocycles. The summed E-state index contributed by atoms with van der Waals surface area (Å²) in [6.45, 7) is 0.500. The molecule has 0 saturated heterocycles. The molecule has 3 atom stereocenters. The van der Waals surface area contributed by atoms with E-state index in [1.165, 1.54) is 13.2 Å². The fourth-order valence-electron chi connectivity index (χ4n) is 3.96. The number of nitrogens with one attached hydrogen (secondary N) is 1. The zero-order valence-electron chi connectivity index (χ0n) is 14.1. The van der Waals surface area contributed by atoms with Crippen LogP contribution < -0.4 is 10.1 Å². The van der Waals surface area contributed by atoms with Crippen molar-refractivity contribution < 1.29 is 27.4 Å². The van der Waals surface area contributed by atoms with Crippen molar-refractivity contribution in [3.63, 3.8) is 0 Å². The zero-order valence-corrected chi connectivity index (χ0v) is 14.1. The number of halogens is 3. The number of methoxy groups -OCH3 is 1. The molecule has 138 valence electrons. The molecule has 1 N–H and O–H groups in total. The van der Waals surface area contributed by atoms with Gasteiger partial charge in [0.05, 0.1) is 17.9 Å². The Bertz CT molecular complexity index is 632. The summed E-state index contributed by atoms with van der Waals surface area (Å²) < 4.78 is 49.3. The highest BCUT2D eigenvalue weighted by Gasteiger charge is 2.43. The van der Waals surface area contributed by atoms with E-state index in [1.807, 2.05) is 0 Å². The molecular weight excluding hydrogens is 335 g/mol. The smallest absolute Gasteiger partial charge is 0.416 e. The number of alkyl halides is 3. The predicted octanol–water partition coefficient (Wildman–Crippen LogP) is 4.11. The van der Waals surface area contributed by atoms with Crippen molar-refractivity contribution in [1.29, 1.82) is 0 Å². The number of anilines is 1. The Kier molecular flexibility index (Phi) is 5.22. The second-order valence-corrected chi connectivity index (χ2v) is 6.82. The lowest BCUT2D eigenvalue weighted by atomic mass is 9.88. The number of ether oxygens (including phenoxy) is 2. The van der Waals surface area contributed by atoms with E-state index in [1.54, 1.807) is 0 Å². The van der Waals surface area contributed by atoms with Gasteiger partial charge in [0.2, 0.25) is 5.91 Å². The number of rotatable bonds is 6. The van der Waals surface area contributed by atoms with Crippen LogP contribution in [0, 0.1) is 17.8 Å². The number of amides is 1. The minimum atomic E-state index is -4.48. The van der Waals surface area contributed by atoms with Crippen LogP contribution in [0.15, 0.2) is 18.2 Å². The molecule has 3 unspecified atom stereocenters. The highest BCUT2D eigenvalue weighted by molar-refractivity contribution is 5.94. The average Bonchev–Trinajstić information content (AvgIpc) is 3.18. The molecule has 0 aromatic heterocycles. The fourth-order valence-corrected chi connectivity index (χ4v) is 3.96. The van der Waals surface area contributed by atoms with Crippen molar-refractivity contribution >= 4 is 11.6 Å². The molecule has 7 heteroatoms. The van der Waals surface area contributed by atoms with E-state index in [0.717, 1.165) is 37.8 Å². The fraction of sp³-hybridized carbons (Fsp3) is 0.611. The molecule has 1 amide bonds. The van der Waals surface area contributed by atoms with Gasteiger partial charge in [-0.25, -0.2) is 0 Å². The van der Waals surface area contributed by atoms with Gasteiger partial charge in [0.25, 0.3) is 0 Å². The van der Waals surface area contributed by atoms with E-state index in [9.17, 15) is 18.0 Å². The highest BCUT2D eigenvalue weighted by Crippen LogP contribution is 2.48. The number of fused-ring (bicyclic) bond motifs is 2. The Hall–Kier alpha value is -1.76. The van der Waals surface area contributed by atoms with Crippen molar-refractivity contribution in [1.82, 2.24) is 0 Å². The summed E-state index contributed by atoms with van der Waals surface area (Å²) in [7, 11) is 1.51. The molecule has 4 nitrogen and oxygen atoms in total. The van der Waals surface area contributed by atoms with E-state index in [-0.39, 0.29) is 29.9 Å². The summed E-state index contributed by atoms with van der Waals surface area (Å²) in [6, 6.07) is 3.14. The van der Waals surface area contributed by atoms with E-state index in [2.05, 4.69) is 5.32 Å². The first-order valence-corrected chi connectivity index (χ1v) is 8.52. The van der Waals surface area contributed by atoms with Gasteiger partial charge in [0, 0.05) is 13.0 Å². The summed E-state index contributed by atoms with van der Waals surface area (Å²) in [6.07, 6.45) is -0.407. The van der Waals surface area contributed by atoms with Gasteiger partial charge in [-0.05, 0) is 49.3 Å². The normalized spacial score (nSPS) is 25.2. The average molecular weight is 357 g/mol. The van der Waals surface area contributed by atoms with E-state index in [0.29, 0.717) is 18.4 Å². The minimum absolute atomic E-state index is 0.0682. The quantitative estimate of drug-likeness (QED) is 0.780. The number of carbonyl (C=O) groups is 1. The van der Waals surface area contributed by atoms with Crippen LogP contribution in [0.25, 0.3) is 0 Å². The molecule has 2 aliphatic carbocycles. The summed E-state index contributed by atoms with van der Waals surface area (Å²) in [5.74, 6) is 0.845. The number of hydrogen-bond acceptors (Lipinski definition) is 3. The molecule has 2 bridgehead atoms. The lowest BCUT2D eigenvalue weighted by Crippen LogP contribution is -2.27. The summed E-state index contributed by atoms with van der Waals surface area (Å²) >= 11 is 0. The summed E-state index contributed by atoms with van der Waals surface area (Å²) in [4.78, 5) is 12.6. The van der Waals surface area contributed by atoms with Crippen LogP contribution in [0.4, 0.5) is 18.9 Å². The maximum atomic E-state index is 13.0. The molecule has 1 aromatic carbocycles. The van der Waals surface area contributed by atoms with Gasteiger partial charge in [-0.2, -0.15) is 13.2 Å². The van der Waals surface area contributed by atoms with Gasteiger partial charge >= 0.3 is 6.18 Å². The molecule has 3 rings (SSSR count). The highest BCUT2D eigenvalue weighted by atomic mass is 19.4. The van der Waals surface area contributed by atoms with Gasteiger partial charge in [-0.1, -0.05) is 6.42 Å². The maximum absolute atomic E-state index is 13.0. The third kappa shape index (κ3) is 4.08. The standard InChI is InChI=1S/C18H22F3NO3/c1-24-6-7-25-16-5-4-13(18(19,20)21)10-15(16)22-17(23)14-9-11-2-3-12(14)8-11/h4-5,10-12,14H,2-3,6-9H2,1H3,(H,22,23). The van der Waals surface area contributed by atoms with E-state index >= 15 is 0 Å². The van der Waals surface area contributed by atoms with Crippen LogP contribution in [0.3, 0.4) is 0 Å².